The summed E-state index contributed by atoms with van der Waals surface area (Å²) < 4.78 is 5.21. The van der Waals surface area contributed by atoms with Crippen LogP contribution in [0, 0.1) is 0 Å². The Kier molecular flexibility index (Phi) is 5.44. The van der Waals surface area contributed by atoms with Crippen LogP contribution in [-0.4, -0.2) is 45.0 Å². The van der Waals surface area contributed by atoms with Crippen molar-refractivity contribution in [2.24, 2.45) is 0 Å². The third-order valence-electron chi connectivity index (χ3n) is 3.45. The van der Waals surface area contributed by atoms with Crippen molar-refractivity contribution in [1.29, 1.82) is 0 Å². The molecule has 0 fully saturated rings. The summed E-state index contributed by atoms with van der Waals surface area (Å²) in [5, 5.41) is 12.5. The minimum Gasteiger partial charge on any atom is -0.497 e. The molecule has 2 N–H and O–H groups in total. The first-order valence-electron chi connectivity index (χ1n) is 6.19. The van der Waals surface area contributed by atoms with Crippen molar-refractivity contribution in [3.05, 3.63) is 24.3 Å². The van der Waals surface area contributed by atoms with Crippen LogP contribution in [0.2, 0.25) is 0 Å². The molecular formula is C14H24N2O2. The fourth-order valence-electron chi connectivity index (χ4n) is 1.67. The van der Waals surface area contributed by atoms with Gasteiger partial charge in [-0.15, -0.1) is 0 Å². The molecule has 0 saturated carbocycles. The van der Waals surface area contributed by atoms with Crippen LogP contribution in [0.15, 0.2) is 24.3 Å². The molecule has 0 heterocycles. The molecule has 0 radical (unpaired) electrons. The lowest BCUT2D eigenvalue weighted by Gasteiger charge is -2.30. The Morgan fingerprint density at radius 1 is 1.44 bits per heavy atom. The summed E-state index contributed by atoms with van der Waals surface area (Å²) in [6, 6.07) is 7.98. The minimum absolute atomic E-state index is 0.134. The van der Waals surface area contributed by atoms with Crippen LogP contribution in [0.3, 0.4) is 0 Å². The first-order valence-corrected chi connectivity index (χ1v) is 6.19. The van der Waals surface area contributed by atoms with Gasteiger partial charge in [-0.25, -0.2) is 0 Å². The van der Waals surface area contributed by atoms with Crippen LogP contribution in [0.25, 0.3) is 0 Å². The number of likely N-dealkylation sites (N-methyl/N-ethyl adjacent to an activating group) is 1. The average Bonchev–Trinajstić information content (AvgIpc) is 2.44. The normalized spacial score (nSPS) is 14.1. The van der Waals surface area contributed by atoms with Gasteiger partial charge in [-0.3, -0.25) is 0 Å². The quantitative estimate of drug-likeness (QED) is 0.772. The number of benzene rings is 1. The zero-order chi connectivity index (χ0) is 13.6. The van der Waals surface area contributed by atoms with E-state index in [9.17, 15) is 5.11 Å². The summed E-state index contributed by atoms with van der Waals surface area (Å²) in [6.45, 7) is 3.02. The monoisotopic (exact) mass is 252 g/mol. The highest BCUT2D eigenvalue weighted by Crippen LogP contribution is 2.21. The molecular weight excluding hydrogens is 228 g/mol. The molecule has 0 aliphatic carbocycles. The molecule has 1 rings (SSSR count). The number of rotatable bonds is 7. The van der Waals surface area contributed by atoms with E-state index >= 15 is 0 Å². The molecule has 0 aromatic heterocycles. The third kappa shape index (κ3) is 3.89. The Hall–Kier alpha value is -1.26. The van der Waals surface area contributed by atoms with E-state index in [0.29, 0.717) is 0 Å². The van der Waals surface area contributed by atoms with Crippen molar-refractivity contribution < 1.29 is 9.84 Å². The topological polar surface area (TPSA) is 44.7 Å². The van der Waals surface area contributed by atoms with E-state index in [-0.39, 0.29) is 12.1 Å². The van der Waals surface area contributed by atoms with Crippen molar-refractivity contribution >= 4 is 5.69 Å². The van der Waals surface area contributed by atoms with E-state index in [1.807, 2.05) is 39.2 Å². The molecule has 102 valence electrons. The number of nitrogens with one attached hydrogen (secondary N) is 1. The van der Waals surface area contributed by atoms with Gasteiger partial charge in [-0.2, -0.15) is 0 Å². The van der Waals surface area contributed by atoms with Crippen LogP contribution in [-0.2, 0) is 0 Å². The second-order valence-electron chi connectivity index (χ2n) is 4.84. The lowest BCUT2D eigenvalue weighted by atomic mass is 9.99. The van der Waals surface area contributed by atoms with Crippen LogP contribution in [0.1, 0.15) is 13.3 Å². The highest BCUT2D eigenvalue weighted by molar-refractivity contribution is 5.50. The van der Waals surface area contributed by atoms with Gasteiger partial charge in [0.1, 0.15) is 5.75 Å². The molecule has 1 atom stereocenters. The Bertz CT molecular complexity index is 365. The summed E-state index contributed by atoms with van der Waals surface area (Å²) in [4.78, 5) is 2.16. The molecule has 0 amide bonds. The number of anilines is 1. The molecule has 0 aliphatic heterocycles. The fraction of sp³-hybridized carbons (Fsp3) is 0.571. The first kappa shape index (κ1) is 14.8. The Balaban J connectivity index is 2.62. The summed E-state index contributed by atoms with van der Waals surface area (Å²) in [5.74, 6) is 0.859. The van der Waals surface area contributed by atoms with Crippen LogP contribution in [0.5, 0.6) is 5.75 Å². The van der Waals surface area contributed by atoms with Gasteiger partial charge in [0.15, 0.2) is 0 Å². The van der Waals surface area contributed by atoms with Gasteiger partial charge in [0.2, 0.25) is 0 Å². The molecule has 0 bridgehead atoms. The van der Waals surface area contributed by atoms with Crippen LogP contribution in [0.4, 0.5) is 5.69 Å². The lowest BCUT2D eigenvalue weighted by Crippen LogP contribution is -2.45. The minimum atomic E-state index is -0.229. The van der Waals surface area contributed by atoms with Gasteiger partial charge in [-0.1, -0.05) is 6.07 Å². The third-order valence-corrected chi connectivity index (χ3v) is 3.45. The van der Waals surface area contributed by atoms with Crippen molar-refractivity contribution in [2.45, 2.75) is 18.9 Å². The zero-order valence-electron chi connectivity index (χ0n) is 11.7. The molecule has 0 spiro atoms. The maximum atomic E-state index is 9.35. The molecule has 0 saturated heterocycles. The first-order chi connectivity index (χ1) is 8.54. The average molecular weight is 252 g/mol. The molecule has 4 heteroatoms. The van der Waals surface area contributed by atoms with Gasteiger partial charge in [0, 0.05) is 30.9 Å². The largest absolute Gasteiger partial charge is 0.497 e. The van der Waals surface area contributed by atoms with E-state index in [2.05, 4.69) is 16.3 Å². The molecule has 4 nitrogen and oxygen atoms in total. The maximum Gasteiger partial charge on any atom is 0.120 e. The number of methoxy groups -OCH3 is 1. The molecule has 1 aromatic carbocycles. The van der Waals surface area contributed by atoms with Crippen LogP contribution >= 0.6 is 0 Å². The Morgan fingerprint density at radius 3 is 2.72 bits per heavy atom. The van der Waals surface area contributed by atoms with E-state index in [0.717, 1.165) is 24.4 Å². The summed E-state index contributed by atoms with van der Waals surface area (Å²) in [5.41, 5.74) is 0.887. The number of hydrogen-bond donors (Lipinski definition) is 2. The molecule has 1 unspecified atom stereocenters. The van der Waals surface area contributed by atoms with Gasteiger partial charge < -0.3 is 20.1 Å². The SMILES string of the molecule is CNC(C)(CO)CCN(C)c1cccc(OC)c1. The number of hydrogen-bond acceptors (Lipinski definition) is 4. The van der Waals surface area contributed by atoms with Crippen molar-refractivity contribution in [2.75, 3.05) is 39.3 Å². The van der Waals surface area contributed by atoms with Crippen molar-refractivity contribution in [3.8, 4) is 5.75 Å². The number of ether oxygens (including phenoxy) is 1. The second-order valence-corrected chi connectivity index (χ2v) is 4.84. The predicted molar refractivity (Wildman–Crippen MR) is 75.4 cm³/mol. The summed E-state index contributed by atoms with van der Waals surface area (Å²) in [7, 11) is 5.59. The highest BCUT2D eigenvalue weighted by atomic mass is 16.5. The van der Waals surface area contributed by atoms with Gasteiger partial charge in [0.05, 0.1) is 13.7 Å². The lowest BCUT2D eigenvalue weighted by molar-refractivity contribution is 0.175. The highest BCUT2D eigenvalue weighted by Gasteiger charge is 2.20. The number of aliphatic hydroxyl groups is 1. The van der Waals surface area contributed by atoms with E-state index in [1.54, 1.807) is 7.11 Å². The summed E-state index contributed by atoms with van der Waals surface area (Å²) in [6.07, 6.45) is 0.869. The number of nitrogens with zero attached hydrogens (tertiary/aromatic N) is 1. The smallest absolute Gasteiger partial charge is 0.120 e. The number of aliphatic hydroxyl groups excluding tert-OH is 1. The van der Waals surface area contributed by atoms with Crippen LogP contribution < -0.4 is 15.0 Å². The van der Waals surface area contributed by atoms with Crippen molar-refractivity contribution in [1.82, 2.24) is 5.32 Å². The Labute approximate surface area is 110 Å². The second kappa shape index (κ2) is 6.61. The van der Waals surface area contributed by atoms with Gasteiger partial charge in [0.25, 0.3) is 0 Å². The van der Waals surface area contributed by atoms with Crippen molar-refractivity contribution in [3.63, 3.8) is 0 Å². The maximum absolute atomic E-state index is 9.35. The fourth-order valence-corrected chi connectivity index (χ4v) is 1.67. The predicted octanol–water partition coefficient (Wildman–Crippen LogP) is 1.49. The van der Waals surface area contributed by atoms with Gasteiger partial charge in [-0.05, 0) is 32.5 Å². The standard InChI is InChI=1S/C14H24N2O2/c1-14(11-17,15-2)8-9-16(3)12-6-5-7-13(10-12)18-4/h5-7,10,15,17H,8-9,11H2,1-4H3. The molecule has 0 aliphatic rings. The van der Waals surface area contributed by atoms with E-state index < -0.39 is 0 Å². The van der Waals surface area contributed by atoms with E-state index in [4.69, 9.17) is 4.74 Å². The molecule has 1 aromatic rings. The molecule has 18 heavy (non-hydrogen) atoms. The zero-order valence-corrected chi connectivity index (χ0v) is 11.7. The van der Waals surface area contributed by atoms with E-state index in [1.165, 1.54) is 0 Å². The van der Waals surface area contributed by atoms with Gasteiger partial charge >= 0.3 is 0 Å². The Morgan fingerprint density at radius 2 is 2.17 bits per heavy atom. The summed E-state index contributed by atoms with van der Waals surface area (Å²) >= 11 is 0.